The van der Waals surface area contributed by atoms with E-state index in [1.165, 1.54) is 38.1 Å². The molecule has 0 saturated carbocycles. The third-order valence-corrected chi connectivity index (χ3v) is 1.81. The Labute approximate surface area is 81.1 Å². The summed E-state index contributed by atoms with van der Waals surface area (Å²) < 4.78 is 26.0. The fourth-order valence-electron chi connectivity index (χ4n) is 0.975. The van der Waals surface area contributed by atoms with Crippen molar-refractivity contribution in [1.82, 2.24) is 0 Å². The molecule has 0 aliphatic carbocycles. The monoisotopic (exact) mass is 196 g/mol. The van der Waals surface area contributed by atoms with Crippen LogP contribution in [0.5, 0.6) is 0 Å². The molecule has 0 amide bonds. The molecule has 0 saturated heterocycles. The van der Waals surface area contributed by atoms with Gasteiger partial charge in [0.15, 0.2) is 5.78 Å². The summed E-state index contributed by atoms with van der Waals surface area (Å²) in [5, 5.41) is 0. The first kappa shape index (κ1) is 10.6. The molecular weight excluding hydrogens is 186 g/mol. The van der Waals surface area contributed by atoms with Crippen LogP contribution in [-0.2, 0) is 4.79 Å². The molecule has 0 N–H and O–H groups in total. The van der Waals surface area contributed by atoms with Gasteiger partial charge in [-0.05, 0) is 37.6 Å². The van der Waals surface area contributed by atoms with Gasteiger partial charge in [0.1, 0.15) is 11.6 Å². The van der Waals surface area contributed by atoms with E-state index in [9.17, 15) is 13.6 Å². The summed E-state index contributed by atoms with van der Waals surface area (Å²) in [7, 11) is 0. The maximum absolute atomic E-state index is 13.0. The fraction of sp³-hybridized carbons (Fsp3) is 0.182. The number of ketones is 1. The van der Waals surface area contributed by atoms with Gasteiger partial charge in [-0.2, -0.15) is 0 Å². The molecule has 0 unspecified atom stereocenters. The second-order valence-corrected chi connectivity index (χ2v) is 3.05. The molecule has 74 valence electrons. The van der Waals surface area contributed by atoms with Crippen molar-refractivity contribution in [3.8, 4) is 0 Å². The highest BCUT2D eigenvalue weighted by molar-refractivity contribution is 5.91. The Morgan fingerprint density at radius 3 is 2.21 bits per heavy atom. The number of allylic oxidation sites excluding steroid dienone is 1. The van der Waals surface area contributed by atoms with Gasteiger partial charge in [-0.25, -0.2) is 8.78 Å². The van der Waals surface area contributed by atoms with Crippen LogP contribution in [0.3, 0.4) is 0 Å². The van der Waals surface area contributed by atoms with E-state index in [1.54, 1.807) is 0 Å². The molecule has 1 rings (SSSR count). The van der Waals surface area contributed by atoms with Crippen molar-refractivity contribution in [2.75, 3.05) is 0 Å². The lowest BCUT2D eigenvalue weighted by molar-refractivity contribution is -0.112. The highest BCUT2D eigenvalue weighted by Crippen LogP contribution is 2.15. The molecule has 14 heavy (non-hydrogen) atoms. The Bertz CT molecular complexity index is 371. The minimum absolute atomic E-state index is 0.00928. The van der Waals surface area contributed by atoms with E-state index in [2.05, 4.69) is 0 Å². The lowest BCUT2D eigenvalue weighted by Gasteiger charge is -2.00. The molecule has 3 heteroatoms. The van der Waals surface area contributed by atoms with Gasteiger partial charge in [0.05, 0.1) is 0 Å². The van der Waals surface area contributed by atoms with Crippen LogP contribution < -0.4 is 0 Å². The number of halogens is 2. The van der Waals surface area contributed by atoms with Gasteiger partial charge < -0.3 is 0 Å². The van der Waals surface area contributed by atoms with E-state index < -0.39 is 11.6 Å². The van der Waals surface area contributed by atoms with Crippen molar-refractivity contribution in [1.29, 1.82) is 0 Å². The lowest BCUT2D eigenvalue weighted by atomic mass is 10.1. The minimum Gasteiger partial charge on any atom is -0.295 e. The number of rotatable bonds is 2. The zero-order chi connectivity index (χ0) is 10.7. The first-order valence-corrected chi connectivity index (χ1v) is 4.15. The van der Waals surface area contributed by atoms with Crippen LogP contribution >= 0.6 is 0 Å². The van der Waals surface area contributed by atoms with Crippen LogP contribution in [0.2, 0.25) is 0 Å². The normalized spacial score (nSPS) is 10.9. The molecule has 0 aliphatic heterocycles. The molecule has 0 radical (unpaired) electrons. The maximum atomic E-state index is 13.0. The molecule has 0 bridgehead atoms. The van der Waals surface area contributed by atoms with Crippen molar-refractivity contribution in [2.45, 2.75) is 13.8 Å². The first-order valence-electron chi connectivity index (χ1n) is 4.15. The Hall–Kier alpha value is -1.51. The van der Waals surface area contributed by atoms with Crippen LogP contribution in [0.4, 0.5) is 8.78 Å². The van der Waals surface area contributed by atoms with Gasteiger partial charge in [0, 0.05) is 5.56 Å². The zero-order valence-corrected chi connectivity index (χ0v) is 7.97. The molecule has 0 fully saturated rings. The van der Waals surface area contributed by atoms with Crippen LogP contribution in [0.1, 0.15) is 18.1 Å². The Morgan fingerprint density at radius 1 is 1.29 bits per heavy atom. The number of benzene rings is 1. The fourth-order valence-corrected chi connectivity index (χ4v) is 0.975. The summed E-state index contributed by atoms with van der Waals surface area (Å²) in [6, 6.07) is 2.38. The molecule has 1 aromatic rings. The smallest absolute Gasteiger partial charge is 0.152 e. The van der Waals surface area contributed by atoms with E-state index in [0.717, 1.165) is 0 Å². The maximum Gasteiger partial charge on any atom is 0.152 e. The lowest BCUT2D eigenvalue weighted by Crippen LogP contribution is -1.90. The van der Waals surface area contributed by atoms with E-state index in [0.29, 0.717) is 5.56 Å². The van der Waals surface area contributed by atoms with Gasteiger partial charge in [-0.3, -0.25) is 4.79 Å². The number of carbonyl (C=O) groups excluding carboxylic acids is 1. The third kappa shape index (κ3) is 2.49. The number of hydrogen-bond donors (Lipinski definition) is 0. The molecule has 0 atom stereocenters. The summed E-state index contributed by atoms with van der Waals surface area (Å²) in [5.41, 5.74) is 0.339. The summed E-state index contributed by atoms with van der Waals surface area (Å²) in [5.74, 6) is -1.37. The molecule has 1 aromatic carbocycles. The van der Waals surface area contributed by atoms with E-state index in [1.807, 2.05) is 0 Å². The Morgan fingerprint density at radius 2 is 1.79 bits per heavy atom. The predicted octanol–water partition coefficient (Wildman–Crippen LogP) is 2.88. The van der Waals surface area contributed by atoms with Crippen LogP contribution in [0.15, 0.2) is 18.2 Å². The van der Waals surface area contributed by atoms with Gasteiger partial charge in [-0.1, -0.05) is 6.08 Å². The van der Waals surface area contributed by atoms with Gasteiger partial charge in [0.2, 0.25) is 0 Å². The second kappa shape index (κ2) is 4.13. The van der Waals surface area contributed by atoms with Crippen LogP contribution in [-0.4, -0.2) is 5.78 Å². The molecule has 0 heterocycles. The highest BCUT2D eigenvalue weighted by Gasteiger charge is 2.04. The van der Waals surface area contributed by atoms with Crippen molar-refractivity contribution in [3.63, 3.8) is 0 Å². The molecule has 0 spiro atoms. The van der Waals surface area contributed by atoms with Crippen molar-refractivity contribution >= 4 is 11.9 Å². The van der Waals surface area contributed by atoms with Gasteiger partial charge >= 0.3 is 0 Å². The summed E-state index contributed by atoms with van der Waals surface area (Å²) in [6.07, 6.45) is 2.65. The zero-order valence-electron chi connectivity index (χ0n) is 7.97. The van der Waals surface area contributed by atoms with E-state index in [-0.39, 0.29) is 11.3 Å². The molecular formula is C11H10F2O. The summed E-state index contributed by atoms with van der Waals surface area (Å²) in [6.45, 7) is 2.74. The molecule has 0 aliphatic rings. The van der Waals surface area contributed by atoms with Gasteiger partial charge in [0.25, 0.3) is 0 Å². The van der Waals surface area contributed by atoms with E-state index >= 15 is 0 Å². The first-order chi connectivity index (χ1) is 6.50. The Balaban J connectivity index is 3.07. The largest absolute Gasteiger partial charge is 0.295 e. The SMILES string of the molecule is CC(=O)/C=C/c1cc(F)c(C)c(F)c1. The Kier molecular flexibility index (Phi) is 3.12. The quantitative estimate of drug-likeness (QED) is 0.665. The summed E-state index contributed by atoms with van der Waals surface area (Å²) >= 11 is 0. The average Bonchev–Trinajstić information content (AvgIpc) is 2.10. The van der Waals surface area contributed by atoms with Crippen LogP contribution in [0.25, 0.3) is 6.08 Å². The highest BCUT2D eigenvalue weighted by atomic mass is 19.1. The number of carbonyl (C=O) groups is 1. The van der Waals surface area contributed by atoms with Crippen LogP contribution in [0, 0.1) is 18.6 Å². The molecule has 0 aromatic heterocycles. The van der Waals surface area contributed by atoms with Gasteiger partial charge in [-0.15, -0.1) is 0 Å². The standard InChI is InChI=1S/C11H10F2O/c1-7(14)3-4-9-5-10(12)8(2)11(13)6-9/h3-6H,1-2H3/b4-3+. The second-order valence-electron chi connectivity index (χ2n) is 3.05. The number of hydrogen-bond acceptors (Lipinski definition) is 1. The van der Waals surface area contributed by atoms with Crippen molar-refractivity contribution in [3.05, 3.63) is 41.0 Å². The van der Waals surface area contributed by atoms with E-state index in [4.69, 9.17) is 0 Å². The third-order valence-electron chi connectivity index (χ3n) is 1.81. The predicted molar refractivity (Wildman–Crippen MR) is 50.8 cm³/mol. The summed E-state index contributed by atoms with van der Waals surface area (Å²) in [4.78, 5) is 10.6. The topological polar surface area (TPSA) is 17.1 Å². The minimum atomic E-state index is -0.604. The van der Waals surface area contributed by atoms with Crippen molar-refractivity contribution < 1.29 is 13.6 Å². The molecule has 1 nitrogen and oxygen atoms in total. The average molecular weight is 196 g/mol. The van der Waals surface area contributed by atoms with Crippen molar-refractivity contribution in [2.24, 2.45) is 0 Å².